The van der Waals surface area contributed by atoms with E-state index >= 15 is 0 Å². The Hall–Kier alpha value is -3.98. The topological polar surface area (TPSA) is 108 Å². The summed E-state index contributed by atoms with van der Waals surface area (Å²) in [6.07, 6.45) is 2.22. The third kappa shape index (κ3) is 5.76. The first-order chi connectivity index (χ1) is 14.6. The largest absolute Gasteiger partial charge is 0.491 e. The van der Waals surface area contributed by atoms with Crippen LogP contribution in [-0.2, 0) is 4.79 Å². The molecule has 3 aromatic rings. The van der Waals surface area contributed by atoms with Gasteiger partial charge in [0.15, 0.2) is 11.6 Å². The molecular formula is C21H20FN5O3. The highest BCUT2D eigenvalue weighted by Crippen LogP contribution is 2.23. The van der Waals surface area contributed by atoms with E-state index in [9.17, 15) is 9.18 Å². The molecule has 0 atom stereocenters. The van der Waals surface area contributed by atoms with Crippen molar-refractivity contribution in [2.75, 3.05) is 29.2 Å². The van der Waals surface area contributed by atoms with Crippen molar-refractivity contribution >= 4 is 34.7 Å². The van der Waals surface area contributed by atoms with E-state index in [2.05, 4.69) is 32.5 Å². The van der Waals surface area contributed by atoms with Crippen molar-refractivity contribution in [1.29, 1.82) is 0 Å². The molecular weight excluding hydrogens is 389 g/mol. The minimum Gasteiger partial charge on any atom is -0.491 e. The summed E-state index contributed by atoms with van der Waals surface area (Å²) in [4.78, 5) is 19.6. The second-order valence-electron chi connectivity index (χ2n) is 6.01. The molecule has 3 rings (SSSR count). The lowest BCUT2D eigenvalue weighted by molar-refractivity contribution is -0.111. The molecule has 0 radical (unpaired) electrons. The number of anilines is 5. The standard InChI is InChI=1S/C21H20FN5O3/c1-2-19(29)24-15-4-3-5-16(12-15)25-20-18(22)13-23-21(27-20)26-14-6-8-17(9-7-14)30-11-10-28/h2-9,12-13,28H,1,10-11H2,(H,24,29)(H2,23,25,26,27). The number of hydrogen-bond acceptors (Lipinski definition) is 7. The smallest absolute Gasteiger partial charge is 0.247 e. The van der Waals surface area contributed by atoms with Crippen molar-refractivity contribution in [3.8, 4) is 5.75 Å². The van der Waals surface area contributed by atoms with Gasteiger partial charge in [0.05, 0.1) is 12.8 Å². The third-order valence-electron chi connectivity index (χ3n) is 3.79. The fourth-order valence-corrected chi connectivity index (χ4v) is 2.45. The lowest BCUT2D eigenvalue weighted by Crippen LogP contribution is -2.07. The number of halogens is 1. The van der Waals surface area contributed by atoms with Gasteiger partial charge in [-0.1, -0.05) is 12.6 Å². The van der Waals surface area contributed by atoms with Gasteiger partial charge >= 0.3 is 0 Å². The average Bonchev–Trinajstić information content (AvgIpc) is 2.76. The summed E-state index contributed by atoms with van der Waals surface area (Å²) in [6, 6.07) is 13.7. The van der Waals surface area contributed by atoms with Crippen LogP contribution in [0, 0.1) is 5.82 Å². The van der Waals surface area contributed by atoms with Crippen LogP contribution >= 0.6 is 0 Å². The van der Waals surface area contributed by atoms with Crippen LogP contribution in [0.2, 0.25) is 0 Å². The summed E-state index contributed by atoms with van der Waals surface area (Å²) in [7, 11) is 0. The molecule has 8 nitrogen and oxygen atoms in total. The fraction of sp³-hybridized carbons (Fsp3) is 0.0952. The van der Waals surface area contributed by atoms with Crippen LogP contribution in [0.3, 0.4) is 0 Å². The molecule has 1 heterocycles. The monoisotopic (exact) mass is 409 g/mol. The van der Waals surface area contributed by atoms with Gasteiger partial charge in [-0.3, -0.25) is 4.79 Å². The number of benzene rings is 2. The van der Waals surface area contributed by atoms with Crippen molar-refractivity contribution in [3.63, 3.8) is 0 Å². The molecule has 0 aliphatic rings. The summed E-state index contributed by atoms with van der Waals surface area (Å²) >= 11 is 0. The predicted octanol–water partition coefficient (Wildman–Crippen LogP) is 3.60. The molecule has 30 heavy (non-hydrogen) atoms. The molecule has 0 fully saturated rings. The summed E-state index contributed by atoms with van der Waals surface area (Å²) in [6.45, 7) is 3.55. The Morgan fingerprint density at radius 1 is 1.13 bits per heavy atom. The zero-order chi connectivity index (χ0) is 21.3. The van der Waals surface area contributed by atoms with Gasteiger partial charge in [0.2, 0.25) is 11.9 Å². The molecule has 0 spiro atoms. The second-order valence-corrected chi connectivity index (χ2v) is 6.01. The number of amides is 1. The van der Waals surface area contributed by atoms with Crippen LogP contribution in [-0.4, -0.2) is 34.2 Å². The zero-order valence-corrected chi connectivity index (χ0v) is 15.9. The van der Waals surface area contributed by atoms with E-state index in [1.165, 1.54) is 0 Å². The van der Waals surface area contributed by atoms with Crippen LogP contribution in [0.15, 0.2) is 67.4 Å². The van der Waals surface area contributed by atoms with Crippen molar-refractivity contribution in [2.45, 2.75) is 0 Å². The van der Waals surface area contributed by atoms with E-state index in [4.69, 9.17) is 9.84 Å². The van der Waals surface area contributed by atoms with E-state index in [0.717, 1.165) is 12.3 Å². The van der Waals surface area contributed by atoms with Gasteiger partial charge in [0, 0.05) is 17.1 Å². The quantitative estimate of drug-likeness (QED) is 0.400. The molecule has 9 heteroatoms. The molecule has 0 saturated carbocycles. The molecule has 0 aliphatic carbocycles. The van der Waals surface area contributed by atoms with Crippen molar-refractivity contribution < 1.29 is 19.0 Å². The Morgan fingerprint density at radius 2 is 1.90 bits per heavy atom. The Kier molecular flexibility index (Phi) is 6.91. The lowest BCUT2D eigenvalue weighted by Gasteiger charge is -2.11. The maximum Gasteiger partial charge on any atom is 0.247 e. The van der Waals surface area contributed by atoms with Crippen LogP contribution in [0.5, 0.6) is 5.75 Å². The second kappa shape index (κ2) is 9.99. The number of rotatable bonds is 9. The Bertz CT molecular complexity index is 1030. The predicted molar refractivity (Wildman–Crippen MR) is 113 cm³/mol. The minimum atomic E-state index is -0.631. The van der Waals surface area contributed by atoms with Crippen LogP contribution in [0.25, 0.3) is 0 Å². The molecule has 0 bridgehead atoms. The number of aliphatic hydroxyl groups is 1. The number of hydrogen-bond donors (Lipinski definition) is 4. The summed E-state index contributed by atoms with van der Waals surface area (Å²) in [5, 5.41) is 17.3. The van der Waals surface area contributed by atoms with Gasteiger partial charge in [-0.05, 0) is 48.5 Å². The van der Waals surface area contributed by atoms with Gasteiger partial charge in [0.1, 0.15) is 12.4 Å². The van der Waals surface area contributed by atoms with Gasteiger partial charge in [-0.15, -0.1) is 0 Å². The summed E-state index contributed by atoms with van der Waals surface area (Å²) < 4.78 is 19.5. The maximum absolute atomic E-state index is 14.2. The molecule has 1 amide bonds. The van der Waals surface area contributed by atoms with E-state index < -0.39 is 5.82 Å². The van der Waals surface area contributed by atoms with Crippen LogP contribution in [0.4, 0.5) is 33.2 Å². The van der Waals surface area contributed by atoms with E-state index in [0.29, 0.717) is 22.8 Å². The fourth-order valence-electron chi connectivity index (χ4n) is 2.45. The van der Waals surface area contributed by atoms with Crippen molar-refractivity contribution in [2.24, 2.45) is 0 Å². The van der Waals surface area contributed by atoms with Crippen LogP contribution in [0.1, 0.15) is 0 Å². The number of ether oxygens (including phenoxy) is 1. The number of carbonyl (C=O) groups is 1. The minimum absolute atomic E-state index is 0.0254. The number of aromatic nitrogens is 2. The highest BCUT2D eigenvalue weighted by molar-refractivity contribution is 5.99. The zero-order valence-electron chi connectivity index (χ0n) is 15.9. The van der Waals surface area contributed by atoms with Gasteiger partial charge in [-0.25, -0.2) is 9.37 Å². The first-order valence-electron chi connectivity index (χ1n) is 9.01. The number of aliphatic hydroxyl groups excluding tert-OH is 1. The van der Waals surface area contributed by atoms with E-state index in [-0.39, 0.29) is 30.9 Å². The Labute approximate surface area is 172 Å². The third-order valence-corrected chi connectivity index (χ3v) is 3.79. The van der Waals surface area contributed by atoms with E-state index in [1.54, 1.807) is 48.5 Å². The summed E-state index contributed by atoms with van der Waals surface area (Å²) in [5.74, 6) is -0.199. The SMILES string of the molecule is C=CC(=O)Nc1cccc(Nc2nc(Nc3ccc(OCCO)cc3)ncc2F)c1. The Balaban J connectivity index is 1.71. The molecule has 0 saturated heterocycles. The lowest BCUT2D eigenvalue weighted by atomic mass is 10.2. The summed E-state index contributed by atoms with van der Waals surface area (Å²) in [5.41, 5.74) is 1.74. The van der Waals surface area contributed by atoms with Gasteiger partial charge in [0.25, 0.3) is 0 Å². The molecule has 2 aromatic carbocycles. The van der Waals surface area contributed by atoms with Crippen molar-refractivity contribution in [1.82, 2.24) is 9.97 Å². The number of nitrogens with one attached hydrogen (secondary N) is 3. The highest BCUT2D eigenvalue weighted by atomic mass is 19.1. The van der Waals surface area contributed by atoms with Crippen LogP contribution < -0.4 is 20.7 Å². The van der Waals surface area contributed by atoms with Gasteiger partial charge < -0.3 is 25.8 Å². The highest BCUT2D eigenvalue weighted by Gasteiger charge is 2.09. The average molecular weight is 409 g/mol. The number of carbonyl (C=O) groups excluding carboxylic acids is 1. The first kappa shape index (κ1) is 20.7. The van der Waals surface area contributed by atoms with Crippen molar-refractivity contribution in [3.05, 3.63) is 73.2 Å². The molecule has 1 aromatic heterocycles. The molecule has 154 valence electrons. The maximum atomic E-state index is 14.2. The number of nitrogens with zero attached hydrogens (tertiary/aromatic N) is 2. The van der Waals surface area contributed by atoms with Gasteiger partial charge in [-0.2, -0.15) is 4.98 Å². The first-order valence-corrected chi connectivity index (χ1v) is 9.01. The van der Waals surface area contributed by atoms with E-state index in [1.807, 2.05) is 0 Å². The normalized spacial score (nSPS) is 10.2. The Morgan fingerprint density at radius 3 is 2.63 bits per heavy atom. The molecule has 4 N–H and O–H groups in total. The molecule has 0 aliphatic heterocycles. The molecule has 0 unspecified atom stereocenters.